The van der Waals surface area contributed by atoms with Gasteiger partial charge in [0.2, 0.25) is 0 Å². The van der Waals surface area contributed by atoms with E-state index in [0.717, 1.165) is 24.2 Å². The van der Waals surface area contributed by atoms with Crippen LogP contribution in [0.2, 0.25) is 0 Å². The Hall–Kier alpha value is -1.59. The lowest BCUT2D eigenvalue weighted by molar-refractivity contribution is 0.351. The van der Waals surface area contributed by atoms with Crippen molar-refractivity contribution in [1.82, 2.24) is 9.88 Å². The number of nitrogens with two attached hydrogens (primary N) is 1. The average Bonchev–Trinajstić information content (AvgIpc) is 2.65. The first kappa shape index (κ1) is 13.8. The molecule has 0 amide bonds. The van der Waals surface area contributed by atoms with Crippen molar-refractivity contribution in [1.29, 1.82) is 0 Å². The fourth-order valence-corrected chi connectivity index (χ4v) is 1.90. The zero-order valence-electron chi connectivity index (χ0n) is 11.7. The summed E-state index contributed by atoms with van der Waals surface area (Å²) in [4.78, 5) is 11.4. The highest BCUT2D eigenvalue weighted by Crippen LogP contribution is 2.15. The third-order valence-electron chi connectivity index (χ3n) is 3.34. The Morgan fingerprint density at radius 3 is 2.84 bits per heavy atom. The summed E-state index contributed by atoms with van der Waals surface area (Å²) < 4.78 is 6.62. The van der Waals surface area contributed by atoms with Crippen LogP contribution >= 0.6 is 0 Å². The van der Waals surface area contributed by atoms with Crippen LogP contribution in [-0.2, 0) is 13.6 Å². The average molecular weight is 263 g/mol. The predicted octanol–water partition coefficient (Wildman–Crippen LogP) is 1.21. The van der Waals surface area contributed by atoms with Crippen LogP contribution in [0.3, 0.4) is 0 Å². The first-order valence-electron chi connectivity index (χ1n) is 6.42. The molecule has 0 bridgehead atoms. The first-order chi connectivity index (χ1) is 8.93. The van der Waals surface area contributed by atoms with Crippen molar-refractivity contribution < 1.29 is 4.42 Å². The van der Waals surface area contributed by atoms with Gasteiger partial charge >= 0.3 is 5.76 Å². The maximum Gasteiger partial charge on any atom is 0.419 e. The van der Waals surface area contributed by atoms with E-state index < -0.39 is 0 Å². The molecule has 104 valence electrons. The standard InChI is InChI=1S/C14H21N3O2/c1-14(2,8-15)9-16-7-10-4-5-12-11(6-10)17(3)13(18)19-12/h4-6,16H,7-9,15H2,1-3H3. The van der Waals surface area contributed by atoms with E-state index in [1.54, 1.807) is 7.05 Å². The molecule has 0 unspecified atom stereocenters. The summed E-state index contributed by atoms with van der Waals surface area (Å²) in [5, 5.41) is 3.39. The van der Waals surface area contributed by atoms with Gasteiger partial charge in [-0.05, 0) is 29.7 Å². The molecule has 0 fully saturated rings. The lowest BCUT2D eigenvalue weighted by Gasteiger charge is -2.22. The monoisotopic (exact) mass is 263 g/mol. The zero-order valence-corrected chi connectivity index (χ0v) is 11.7. The largest absolute Gasteiger partial charge is 0.419 e. The van der Waals surface area contributed by atoms with Crippen molar-refractivity contribution in [3.8, 4) is 0 Å². The smallest absolute Gasteiger partial charge is 0.408 e. The van der Waals surface area contributed by atoms with Gasteiger partial charge in [-0.15, -0.1) is 0 Å². The lowest BCUT2D eigenvalue weighted by Crippen LogP contribution is -2.35. The summed E-state index contributed by atoms with van der Waals surface area (Å²) in [6.07, 6.45) is 0. The summed E-state index contributed by atoms with van der Waals surface area (Å²) in [5.74, 6) is -0.329. The van der Waals surface area contributed by atoms with Crippen molar-refractivity contribution in [3.05, 3.63) is 34.3 Å². The number of benzene rings is 1. The van der Waals surface area contributed by atoms with Crippen LogP contribution in [0.25, 0.3) is 11.1 Å². The molecule has 1 aromatic heterocycles. The number of nitrogens with one attached hydrogen (secondary N) is 1. The number of fused-ring (bicyclic) bond motifs is 1. The number of oxazole rings is 1. The highest BCUT2D eigenvalue weighted by molar-refractivity contribution is 5.73. The van der Waals surface area contributed by atoms with Crippen LogP contribution < -0.4 is 16.8 Å². The number of hydrogen-bond donors (Lipinski definition) is 2. The van der Waals surface area contributed by atoms with E-state index in [2.05, 4.69) is 19.2 Å². The van der Waals surface area contributed by atoms with Crippen LogP contribution in [0, 0.1) is 5.41 Å². The second-order valence-electron chi connectivity index (χ2n) is 5.70. The Bertz CT molecular complexity index is 625. The summed E-state index contributed by atoms with van der Waals surface area (Å²) in [5.41, 5.74) is 8.35. The second-order valence-corrected chi connectivity index (χ2v) is 5.70. The van der Waals surface area contributed by atoms with Gasteiger partial charge in [0.05, 0.1) is 5.52 Å². The number of rotatable bonds is 5. The molecule has 0 saturated carbocycles. The van der Waals surface area contributed by atoms with Crippen LogP contribution in [0.15, 0.2) is 27.4 Å². The predicted molar refractivity (Wildman–Crippen MR) is 76.0 cm³/mol. The van der Waals surface area contributed by atoms with Gasteiger partial charge in [-0.3, -0.25) is 4.57 Å². The van der Waals surface area contributed by atoms with E-state index in [9.17, 15) is 4.79 Å². The van der Waals surface area contributed by atoms with E-state index in [4.69, 9.17) is 10.2 Å². The molecule has 1 heterocycles. The molecular formula is C14H21N3O2. The van der Waals surface area contributed by atoms with Gasteiger partial charge in [0.1, 0.15) is 0 Å². The zero-order chi connectivity index (χ0) is 14.0. The van der Waals surface area contributed by atoms with Crippen LogP contribution in [0.4, 0.5) is 0 Å². The van der Waals surface area contributed by atoms with E-state index in [1.807, 2.05) is 18.2 Å². The molecular weight excluding hydrogens is 242 g/mol. The molecule has 0 radical (unpaired) electrons. The molecule has 1 aromatic carbocycles. The molecule has 5 heteroatoms. The highest BCUT2D eigenvalue weighted by Gasteiger charge is 2.14. The highest BCUT2D eigenvalue weighted by atomic mass is 16.4. The van der Waals surface area contributed by atoms with E-state index >= 15 is 0 Å². The first-order valence-corrected chi connectivity index (χ1v) is 6.42. The van der Waals surface area contributed by atoms with E-state index in [1.165, 1.54) is 4.57 Å². The Morgan fingerprint density at radius 1 is 1.42 bits per heavy atom. The summed E-state index contributed by atoms with van der Waals surface area (Å²) >= 11 is 0. The van der Waals surface area contributed by atoms with Crippen molar-refractivity contribution in [2.45, 2.75) is 20.4 Å². The fraction of sp³-hybridized carbons (Fsp3) is 0.500. The van der Waals surface area contributed by atoms with Crippen LogP contribution in [0.5, 0.6) is 0 Å². The van der Waals surface area contributed by atoms with Crippen molar-refractivity contribution in [2.75, 3.05) is 13.1 Å². The Morgan fingerprint density at radius 2 is 2.16 bits per heavy atom. The number of hydrogen-bond acceptors (Lipinski definition) is 4. The molecule has 0 aliphatic heterocycles. The third-order valence-corrected chi connectivity index (χ3v) is 3.34. The summed E-state index contributed by atoms with van der Waals surface area (Å²) in [7, 11) is 1.71. The fourth-order valence-electron chi connectivity index (χ4n) is 1.90. The van der Waals surface area contributed by atoms with Crippen LogP contribution in [0.1, 0.15) is 19.4 Å². The minimum atomic E-state index is -0.329. The molecule has 2 rings (SSSR count). The molecule has 0 aliphatic carbocycles. The van der Waals surface area contributed by atoms with Crippen molar-refractivity contribution >= 4 is 11.1 Å². The summed E-state index contributed by atoms with van der Waals surface area (Å²) in [6, 6.07) is 5.78. The van der Waals surface area contributed by atoms with Gasteiger partial charge in [0.25, 0.3) is 0 Å². The molecule has 0 saturated heterocycles. The quantitative estimate of drug-likeness (QED) is 0.850. The topological polar surface area (TPSA) is 73.2 Å². The molecule has 5 nitrogen and oxygen atoms in total. The Balaban J connectivity index is 2.10. The Labute approximate surface area is 112 Å². The van der Waals surface area contributed by atoms with Gasteiger partial charge in [0.15, 0.2) is 5.58 Å². The second kappa shape index (κ2) is 5.19. The van der Waals surface area contributed by atoms with Crippen molar-refractivity contribution in [2.24, 2.45) is 18.2 Å². The molecule has 19 heavy (non-hydrogen) atoms. The maximum atomic E-state index is 11.4. The molecule has 0 aliphatic rings. The molecule has 0 atom stereocenters. The number of nitrogens with zero attached hydrogens (tertiary/aromatic N) is 1. The Kier molecular flexibility index (Phi) is 3.78. The molecule has 2 aromatic rings. The normalized spacial score (nSPS) is 12.2. The maximum absolute atomic E-state index is 11.4. The third kappa shape index (κ3) is 3.05. The number of aromatic nitrogens is 1. The van der Waals surface area contributed by atoms with Gasteiger partial charge in [-0.1, -0.05) is 19.9 Å². The van der Waals surface area contributed by atoms with Gasteiger partial charge in [0, 0.05) is 20.1 Å². The SMILES string of the molecule is Cn1c(=O)oc2ccc(CNCC(C)(C)CN)cc21. The van der Waals surface area contributed by atoms with E-state index in [-0.39, 0.29) is 11.2 Å². The molecule has 0 spiro atoms. The minimum absolute atomic E-state index is 0.0899. The van der Waals surface area contributed by atoms with Gasteiger partial charge in [-0.2, -0.15) is 0 Å². The molecule has 3 N–H and O–H groups in total. The lowest BCUT2D eigenvalue weighted by atomic mass is 9.94. The summed E-state index contributed by atoms with van der Waals surface area (Å²) in [6.45, 7) is 6.51. The van der Waals surface area contributed by atoms with Crippen LogP contribution in [-0.4, -0.2) is 17.7 Å². The van der Waals surface area contributed by atoms with Gasteiger partial charge in [-0.25, -0.2) is 4.79 Å². The van der Waals surface area contributed by atoms with Gasteiger partial charge < -0.3 is 15.5 Å². The van der Waals surface area contributed by atoms with Crippen molar-refractivity contribution in [3.63, 3.8) is 0 Å². The number of aryl methyl sites for hydroxylation is 1. The van der Waals surface area contributed by atoms with E-state index in [0.29, 0.717) is 12.1 Å². The minimum Gasteiger partial charge on any atom is -0.408 e.